The Morgan fingerprint density at radius 3 is 2.58 bits per heavy atom. The van der Waals surface area contributed by atoms with Crippen molar-refractivity contribution in [2.75, 3.05) is 0 Å². The van der Waals surface area contributed by atoms with Crippen LogP contribution in [0.5, 0.6) is 0 Å². The normalized spacial score (nSPS) is 10.0. The Hall–Kier alpha value is -1.07. The van der Waals surface area contributed by atoms with Crippen molar-refractivity contribution < 1.29 is 0 Å². The van der Waals surface area contributed by atoms with E-state index in [0.717, 1.165) is 10.0 Å². The van der Waals surface area contributed by atoms with E-state index < -0.39 is 0 Å². The summed E-state index contributed by atoms with van der Waals surface area (Å²) in [6, 6.07) is 10.0. The molecule has 0 aliphatic rings. The first-order valence-electron chi connectivity index (χ1n) is 3.62. The Balaban J connectivity index is 2.66. The number of hydrogen-bond donors (Lipinski definition) is 0. The second-order valence-electron chi connectivity index (χ2n) is 2.32. The van der Waals surface area contributed by atoms with E-state index in [2.05, 4.69) is 22.0 Å². The molecule has 0 spiro atoms. The van der Waals surface area contributed by atoms with E-state index in [-0.39, 0.29) is 0 Å². The van der Waals surface area contributed by atoms with Crippen LogP contribution in [0.3, 0.4) is 0 Å². The number of nitrogens with zero attached hydrogens (tertiary/aromatic N) is 1. The highest BCUT2D eigenvalue weighted by Crippen LogP contribution is 2.11. The first-order chi connectivity index (χ1) is 5.83. The SMILES string of the molecule is N#CCC=Cc1ccc(Br)cc1. The third kappa shape index (κ3) is 2.89. The molecule has 0 fully saturated rings. The quantitative estimate of drug-likeness (QED) is 0.752. The number of benzene rings is 1. The second kappa shape index (κ2) is 4.74. The highest BCUT2D eigenvalue weighted by Gasteiger charge is 1.85. The summed E-state index contributed by atoms with van der Waals surface area (Å²) in [5, 5.41) is 8.28. The molecule has 0 unspecified atom stereocenters. The molecule has 0 aliphatic carbocycles. The van der Waals surface area contributed by atoms with Crippen molar-refractivity contribution in [2.45, 2.75) is 6.42 Å². The molecule has 2 heteroatoms. The van der Waals surface area contributed by atoms with Gasteiger partial charge in [0.2, 0.25) is 0 Å². The third-order valence-corrected chi connectivity index (χ3v) is 1.92. The summed E-state index contributed by atoms with van der Waals surface area (Å²) in [6.07, 6.45) is 4.26. The third-order valence-electron chi connectivity index (χ3n) is 1.39. The van der Waals surface area contributed by atoms with Gasteiger partial charge in [-0.15, -0.1) is 0 Å². The lowest BCUT2D eigenvalue weighted by Crippen LogP contribution is -1.69. The average molecular weight is 222 g/mol. The first kappa shape index (κ1) is 9.02. The molecule has 1 aromatic rings. The van der Waals surface area contributed by atoms with Crippen molar-refractivity contribution in [3.05, 3.63) is 40.4 Å². The standard InChI is InChI=1S/C10H8BrN/c11-10-6-4-9(5-7-10)3-1-2-8-12/h1,3-7H,2H2. The van der Waals surface area contributed by atoms with Crippen molar-refractivity contribution in [2.24, 2.45) is 0 Å². The van der Waals surface area contributed by atoms with Crippen molar-refractivity contribution in [3.8, 4) is 6.07 Å². The summed E-state index contributed by atoms with van der Waals surface area (Å²) in [5.74, 6) is 0. The molecule has 0 saturated carbocycles. The zero-order valence-corrected chi connectivity index (χ0v) is 8.08. The molecular formula is C10H8BrN. The van der Waals surface area contributed by atoms with Crippen LogP contribution in [0.2, 0.25) is 0 Å². The molecule has 12 heavy (non-hydrogen) atoms. The number of hydrogen-bond acceptors (Lipinski definition) is 1. The maximum atomic E-state index is 8.28. The van der Waals surface area contributed by atoms with Crippen LogP contribution in [-0.4, -0.2) is 0 Å². The molecule has 0 saturated heterocycles. The molecule has 0 aromatic heterocycles. The van der Waals surface area contributed by atoms with E-state index in [1.807, 2.05) is 36.4 Å². The maximum absolute atomic E-state index is 8.28. The molecule has 0 heterocycles. The first-order valence-corrected chi connectivity index (χ1v) is 4.41. The summed E-state index contributed by atoms with van der Waals surface area (Å²) in [6.45, 7) is 0. The van der Waals surface area contributed by atoms with Crippen molar-refractivity contribution >= 4 is 22.0 Å². The van der Waals surface area contributed by atoms with Gasteiger partial charge in [-0.25, -0.2) is 0 Å². The zero-order valence-electron chi connectivity index (χ0n) is 6.50. The highest BCUT2D eigenvalue weighted by molar-refractivity contribution is 9.10. The number of rotatable bonds is 2. The summed E-state index contributed by atoms with van der Waals surface area (Å²) < 4.78 is 1.07. The predicted octanol–water partition coefficient (Wildman–Crippen LogP) is 3.38. The van der Waals surface area contributed by atoms with Gasteiger partial charge in [0.25, 0.3) is 0 Å². The summed E-state index contributed by atoms with van der Waals surface area (Å²) >= 11 is 3.35. The molecule has 60 valence electrons. The van der Waals surface area contributed by atoms with Gasteiger partial charge in [-0.05, 0) is 17.7 Å². The smallest absolute Gasteiger partial charge is 0.0663 e. The van der Waals surface area contributed by atoms with Crippen LogP contribution in [-0.2, 0) is 0 Å². The van der Waals surface area contributed by atoms with Crippen molar-refractivity contribution in [3.63, 3.8) is 0 Å². The molecule has 1 aromatic carbocycles. The number of nitriles is 1. The minimum atomic E-state index is 0.468. The van der Waals surface area contributed by atoms with Gasteiger partial charge in [0.1, 0.15) is 0 Å². The molecule has 1 nitrogen and oxygen atoms in total. The van der Waals surface area contributed by atoms with Gasteiger partial charge >= 0.3 is 0 Å². The van der Waals surface area contributed by atoms with Gasteiger partial charge in [0.05, 0.1) is 12.5 Å². The van der Waals surface area contributed by atoms with Crippen LogP contribution in [0, 0.1) is 11.3 Å². The molecule has 0 aliphatic heterocycles. The minimum Gasteiger partial charge on any atom is -0.198 e. The molecule has 0 N–H and O–H groups in total. The van der Waals surface area contributed by atoms with Crippen molar-refractivity contribution in [1.82, 2.24) is 0 Å². The van der Waals surface area contributed by atoms with Crippen LogP contribution in [0.25, 0.3) is 6.08 Å². The van der Waals surface area contributed by atoms with Gasteiger partial charge in [-0.2, -0.15) is 5.26 Å². The molecule has 0 atom stereocenters. The largest absolute Gasteiger partial charge is 0.198 e. The van der Waals surface area contributed by atoms with Crippen LogP contribution in [0.4, 0.5) is 0 Å². The van der Waals surface area contributed by atoms with E-state index in [1.165, 1.54) is 0 Å². The Kier molecular flexibility index (Phi) is 3.56. The Morgan fingerprint density at radius 2 is 2.00 bits per heavy atom. The predicted molar refractivity (Wildman–Crippen MR) is 53.4 cm³/mol. The summed E-state index contributed by atoms with van der Waals surface area (Å²) in [7, 11) is 0. The lowest BCUT2D eigenvalue weighted by Gasteiger charge is -1.91. The van der Waals surface area contributed by atoms with Crippen LogP contribution >= 0.6 is 15.9 Å². The molecule has 0 amide bonds. The van der Waals surface area contributed by atoms with Gasteiger partial charge in [-0.1, -0.05) is 40.2 Å². The monoisotopic (exact) mass is 221 g/mol. The molecule has 0 bridgehead atoms. The molecule has 1 rings (SSSR count). The number of allylic oxidation sites excluding steroid dienone is 1. The topological polar surface area (TPSA) is 23.8 Å². The lowest BCUT2D eigenvalue weighted by molar-refractivity contribution is 1.36. The Bertz CT molecular complexity index is 306. The number of halogens is 1. The van der Waals surface area contributed by atoms with Gasteiger partial charge in [-0.3, -0.25) is 0 Å². The fraction of sp³-hybridized carbons (Fsp3) is 0.100. The highest BCUT2D eigenvalue weighted by atomic mass is 79.9. The van der Waals surface area contributed by atoms with E-state index in [0.29, 0.717) is 6.42 Å². The van der Waals surface area contributed by atoms with Crippen LogP contribution in [0.15, 0.2) is 34.8 Å². The van der Waals surface area contributed by atoms with E-state index in [9.17, 15) is 0 Å². The van der Waals surface area contributed by atoms with Gasteiger partial charge in [0.15, 0.2) is 0 Å². The molecule has 0 radical (unpaired) electrons. The van der Waals surface area contributed by atoms with E-state index in [4.69, 9.17) is 5.26 Å². The molecular weight excluding hydrogens is 214 g/mol. The van der Waals surface area contributed by atoms with E-state index >= 15 is 0 Å². The summed E-state index contributed by atoms with van der Waals surface area (Å²) in [5.41, 5.74) is 1.12. The van der Waals surface area contributed by atoms with Gasteiger partial charge in [0, 0.05) is 4.47 Å². The minimum absolute atomic E-state index is 0.468. The Morgan fingerprint density at radius 1 is 1.33 bits per heavy atom. The van der Waals surface area contributed by atoms with Gasteiger partial charge < -0.3 is 0 Å². The van der Waals surface area contributed by atoms with Crippen LogP contribution < -0.4 is 0 Å². The fourth-order valence-corrected chi connectivity index (χ4v) is 1.09. The van der Waals surface area contributed by atoms with Crippen molar-refractivity contribution in [1.29, 1.82) is 5.26 Å². The average Bonchev–Trinajstić information content (AvgIpc) is 2.09. The van der Waals surface area contributed by atoms with Crippen LogP contribution in [0.1, 0.15) is 12.0 Å². The zero-order chi connectivity index (χ0) is 8.81. The Labute approximate surface area is 80.5 Å². The van der Waals surface area contributed by atoms with E-state index in [1.54, 1.807) is 0 Å². The second-order valence-corrected chi connectivity index (χ2v) is 3.23. The summed E-state index contributed by atoms with van der Waals surface area (Å²) in [4.78, 5) is 0. The fourth-order valence-electron chi connectivity index (χ4n) is 0.822. The lowest BCUT2D eigenvalue weighted by atomic mass is 10.2. The maximum Gasteiger partial charge on any atom is 0.0663 e.